The van der Waals surface area contributed by atoms with E-state index in [0.717, 1.165) is 11.1 Å². The highest BCUT2D eigenvalue weighted by Gasteiger charge is 2.24. The third kappa shape index (κ3) is 4.78. The standard InChI is InChI=1S/C16H23NO3/c1-10-6-7-12(8-11(10)2)14(18)9-13(17)15(19)20-16(3,4)5/h6-8,13H,9,17H2,1-5H3. The zero-order chi connectivity index (χ0) is 15.5. The third-order valence-corrected chi connectivity index (χ3v) is 2.94. The molecule has 1 aromatic carbocycles. The fraction of sp³-hybridized carbons (Fsp3) is 0.500. The van der Waals surface area contributed by atoms with Gasteiger partial charge in [-0.25, -0.2) is 0 Å². The van der Waals surface area contributed by atoms with Crippen molar-refractivity contribution in [2.75, 3.05) is 0 Å². The van der Waals surface area contributed by atoms with Crippen LogP contribution in [-0.4, -0.2) is 23.4 Å². The Balaban J connectivity index is 2.70. The van der Waals surface area contributed by atoms with E-state index >= 15 is 0 Å². The number of hydrogen-bond donors (Lipinski definition) is 1. The molecule has 0 fully saturated rings. The first kappa shape index (κ1) is 16.4. The summed E-state index contributed by atoms with van der Waals surface area (Å²) in [6, 6.07) is 4.54. The highest BCUT2D eigenvalue weighted by molar-refractivity contribution is 5.99. The number of carbonyl (C=O) groups is 2. The summed E-state index contributed by atoms with van der Waals surface area (Å²) < 4.78 is 5.16. The number of hydrogen-bond acceptors (Lipinski definition) is 4. The molecule has 0 aliphatic carbocycles. The van der Waals surface area contributed by atoms with Crippen LogP contribution in [0.25, 0.3) is 0 Å². The molecule has 4 nitrogen and oxygen atoms in total. The second-order valence-corrected chi connectivity index (χ2v) is 6.07. The highest BCUT2D eigenvalue weighted by atomic mass is 16.6. The van der Waals surface area contributed by atoms with E-state index in [-0.39, 0.29) is 12.2 Å². The maximum atomic E-state index is 12.1. The lowest BCUT2D eigenvalue weighted by molar-refractivity contribution is -0.156. The first-order valence-corrected chi connectivity index (χ1v) is 6.69. The number of nitrogens with two attached hydrogens (primary N) is 1. The summed E-state index contributed by atoms with van der Waals surface area (Å²) in [5, 5.41) is 0. The molecule has 0 aliphatic heterocycles. The molecule has 0 saturated carbocycles. The zero-order valence-electron chi connectivity index (χ0n) is 12.8. The smallest absolute Gasteiger partial charge is 0.323 e. The van der Waals surface area contributed by atoms with Crippen molar-refractivity contribution in [1.82, 2.24) is 0 Å². The van der Waals surface area contributed by atoms with E-state index in [1.165, 1.54) is 0 Å². The van der Waals surface area contributed by atoms with Gasteiger partial charge in [0.25, 0.3) is 0 Å². The molecule has 0 heterocycles. The maximum Gasteiger partial charge on any atom is 0.323 e. The quantitative estimate of drug-likeness (QED) is 0.678. The van der Waals surface area contributed by atoms with Crippen molar-refractivity contribution >= 4 is 11.8 Å². The van der Waals surface area contributed by atoms with Crippen LogP contribution in [0.1, 0.15) is 48.7 Å². The fourth-order valence-electron chi connectivity index (χ4n) is 1.69. The lowest BCUT2D eigenvalue weighted by atomic mass is 10.00. The average Bonchev–Trinajstić information content (AvgIpc) is 2.30. The largest absolute Gasteiger partial charge is 0.459 e. The molecule has 1 rings (SSSR count). The van der Waals surface area contributed by atoms with Gasteiger partial charge in [-0.15, -0.1) is 0 Å². The van der Waals surface area contributed by atoms with Crippen molar-refractivity contribution in [2.24, 2.45) is 5.73 Å². The van der Waals surface area contributed by atoms with Gasteiger partial charge in [-0.1, -0.05) is 12.1 Å². The SMILES string of the molecule is Cc1ccc(C(=O)CC(N)C(=O)OC(C)(C)C)cc1C. The Morgan fingerprint density at radius 3 is 2.30 bits per heavy atom. The molecule has 0 spiro atoms. The minimum absolute atomic E-state index is 0.0442. The predicted octanol–water partition coefficient (Wildman–Crippen LogP) is 2.55. The van der Waals surface area contributed by atoms with Crippen molar-refractivity contribution in [1.29, 1.82) is 0 Å². The molecule has 0 aliphatic rings. The number of carbonyl (C=O) groups excluding carboxylic acids is 2. The van der Waals surface area contributed by atoms with Crippen LogP contribution >= 0.6 is 0 Å². The molecule has 4 heteroatoms. The molecule has 0 saturated heterocycles. The predicted molar refractivity (Wildman–Crippen MR) is 78.7 cm³/mol. The van der Waals surface area contributed by atoms with E-state index in [2.05, 4.69) is 0 Å². The Labute approximate surface area is 120 Å². The number of benzene rings is 1. The third-order valence-electron chi connectivity index (χ3n) is 2.94. The number of Topliss-reactive ketones (excluding diaryl/α,β-unsaturated/α-hetero) is 1. The molecule has 110 valence electrons. The van der Waals surface area contributed by atoms with Crippen molar-refractivity contribution in [2.45, 2.75) is 52.7 Å². The van der Waals surface area contributed by atoms with Gasteiger partial charge in [-0.2, -0.15) is 0 Å². The molecule has 1 unspecified atom stereocenters. The van der Waals surface area contributed by atoms with Gasteiger partial charge < -0.3 is 10.5 Å². The van der Waals surface area contributed by atoms with Crippen LogP contribution in [0.2, 0.25) is 0 Å². The van der Waals surface area contributed by atoms with Crippen molar-refractivity contribution < 1.29 is 14.3 Å². The van der Waals surface area contributed by atoms with Gasteiger partial charge in [0.1, 0.15) is 11.6 Å². The van der Waals surface area contributed by atoms with Crippen molar-refractivity contribution in [3.8, 4) is 0 Å². The minimum Gasteiger partial charge on any atom is -0.459 e. The average molecular weight is 277 g/mol. The van der Waals surface area contributed by atoms with E-state index in [9.17, 15) is 9.59 Å². The van der Waals surface area contributed by atoms with Gasteiger partial charge in [-0.3, -0.25) is 9.59 Å². The second kappa shape index (κ2) is 6.18. The lowest BCUT2D eigenvalue weighted by Crippen LogP contribution is -2.38. The molecule has 20 heavy (non-hydrogen) atoms. The topological polar surface area (TPSA) is 69.4 Å². The first-order chi connectivity index (χ1) is 9.10. The molecule has 0 aromatic heterocycles. The number of esters is 1. The van der Waals surface area contributed by atoms with Crippen molar-refractivity contribution in [3.05, 3.63) is 34.9 Å². The second-order valence-electron chi connectivity index (χ2n) is 6.07. The summed E-state index contributed by atoms with van der Waals surface area (Å²) in [5.74, 6) is -0.693. The van der Waals surface area contributed by atoms with E-state index in [1.54, 1.807) is 26.8 Å². The zero-order valence-corrected chi connectivity index (χ0v) is 12.8. The summed E-state index contributed by atoms with van der Waals surface area (Å²) in [7, 11) is 0. The molecule has 2 N–H and O–H groups in total. The first-order valence-electron chi connectivity index (χ1n) is 6.69. The van der Waals surface area contributed by atoms with E-state index in [1.807, 2.05) is 26.0 Å². The molecule has 0 bridgehead atoms. The van der Waals surface area contributed by atoms with Crippen LogP contribution < -0.4 is 5.73 Å². The van der Waals surface area contributed by atoms with Crippen LogP contribution in [0.4, 0.5) is 0 Å². The van der Waals surface area contributed by atoms with Gasteiger partial charge in [-0.05, 0) is 51.8 Å². The molecule has 1 aromatic rings. The van der Waals surface area contributed by atoms with Crippen LogP contribution in [0, 0.1) is 13.8 Å². The van der Waals surface area contributed by atoms with Gasteiger partial charge >= 0.3 is 5.97 Å². The summed E-state index contributed by atoms with van der Waals surface area (Å²) in [6.07, 6.45) is -0.0442. The Morgan fingerprint density at radius 2 is 1.80 bits per heavy atom. The van der Waals surface area contributed by atoms with E-state index in [4.69, 9.17) is 10.5 Å². The Hall–Kier alpha value is -1.68. The summed E-state index contributed by atoms with van der Waals surface area (Å²) in [6.45, 7) is 9.23. The number of rotatable bonds is 4. The summed E-state index contributed by atoms with van der Waals surface area (Å²) >= 11 is 0. The van der Waals surface area contributed by atoms with Gasteiger partial charge in [0.2, 0.25) is 0 Å². The molecule has 1 atom stereocenters. The molecular weight excluding hydrogens is 254 g/mol. The van der Waals surface area contributed by atoms with Gasteiger partial charge in [0.15, 0.2) is 5.78 Å². The molecule has 0 amide bonds. The molecule has 0 radical (unpaired) electrons. The Bertz CT molecular complexity index is 515. The normalized spacial score (nSPS) is 12.9. The number of aryl methyl sites for hydroxylation is 2. The number of ether oxygens (including phenoxy) is 1. The lowest BCUT2D eigenvalue weighted by Gasteiger charge is -2.21. The number of ketones is 1. The monoisotopic (exact) mass is 277 g/mol. The van der Waals surface area contributed by atoms with Crippen LogP contribution in [0.3, 0.4) is 0 Å². The Kier molecular flexibility index (Phi) is 5.06. The van der Waals surface area contributed by atoms with Crippen molar-refractivity contribution in [3.63, 3.8) is 0 Å². The van der Waals surface area contributed by atoms with Crippen LogP contribution in [0.15, 0.2) is 18.2 Å². The highest BCUT2D eigenvalue weighted by Crippen LogP contribution is 2.14. The summed E-state index contributed by atoms with van der Waals surface area (Å²) in [5.41, 5.74) is 7.88. The van der Waals surface area contributed by atoms with Crippen LogP contribution in [-0.2, 0) is 9.53 Å². The van der Waals surface area contributed by atoms with E-state index in [0.29, 0.717) is 5.56 Å². The Morgan fingerprint density at radius 1 is 1.20 bits per heavy atom. The van der Waals surface area contributed by atoms with Crippen LogP contribution in [0.5, 0.6) is 0 Å². The van der Waals surface area contributed by atoms with Gasteiger partial charge in [0, 0.05) is 12.0 Å². The molecular formula is C16H23NO3. The van der Waals surface area contributed by atoms with Gasteiger partial charge in [0.05, 0.1) is 0 Å². The fourth-order valence-corrected chi connectivity index (χ4v) is 1.69. The maximum absolute atomic E-state index is 12.1. The minimum atomic E-state index is -0.927. The summed E-state index contributed by atoms with van der Waals surface area (Å²) in [4.78, 5) is 23.8. The van der Waals surface area contributed by atoms with E-state index < -0.39 is 17.6 Å².